The Kier molecular flexibility index (Phi) is 3.17. The minimum atomic E-state index is -0.946. The smallest absolute Gasteiger partial charge is 0.335 e. The molecule has 0 radical (unpaired) electrons. The Bertz CT molecular complexity index is 700. The number of hydrogen-bond acceptors (Lipinski definition) is 4. The van der Waals surface area contributed by atoms with Crippen LogP contribution in [0.5, 0.6) is 0 Å². The molecule has 0 saturated carbocycles. The predicted octanol–water partition coefficient (Wildman–Crippen LogP) is 2.55. The molecule has 5 heteroatoms. The lowest BCUT2D eigenvalue weighted by atomic mass is 10.1. The number of aromatic carboxylic acids is 1. The first-order valence-corrected chi connectivity index (χ1v) is 6.78. The fourth-order valence-electron chi connectivity index (χ4n) is 2.67. The van der Waals surface area contributed by atoms with Gasteiger partial charge in [0.05, 0.1) is 28.3 Å². The first-order valence-electron chi connectivity index (χ1n) is 6.78. The van der Waals surface area contributed by atoms with Crippen LogP contribution in [0.25, 0.3) is 0 Å². The Morgan fingerprint density at radius 2 is 1.81 bits per heavy atom. The number of nitrogen functional groups attached to an aromatic ring is 1. The SMILES string of the molecule is CN1CCN(c2cc(C(=O)O)ccc2N)c2ccccc21. The summed E-state index contributed by atoms with van der Waals surface area (Å²) in [6.07, 6.45) is 0. The Morgan fingerprint density at radius 3 is 2.52 bits per heavy atom. The molecule has 1 aliphatic heterocycles. The molecule has 0 unspecified atom stereocenters. The third-order valence-corrected chi connectivity index (χ3v) is 3.81. The Morgan fingerprint density at radius 1 is 1.10 bits per heavy atom. The highest BCUT2D eigenvalue weighted by molar-refractivity contribution is 5.92. The van der Waals surface area contributed by atoms with Gasteiger partial charge in [-0.3, -0.25) is 0 Å². The zero-order valence-corrected chi connectivity index (χ0v) is 11.8. The Balaban J connectivity index is 2.11. The van der Waals surface area contributed by atoms with Crippen LogP contribution in [-0.2, 0) is 0 Å². The van der Waals surface area contributed by atoms with Crippen LogP contribution in [0.3, 0.4) is 0 Å². The van der Waals surface area contributed by atoms with E-state index in [-0.39, 0.29) is 5.56 Å². The summed E-state index contributed by atoms with van der Waals surface area (Å²) in [6, 6.07) is 12.9. The fourth-order valence-corrected chi connectivity index (χ4v) is 2.67. The van der Waals surface area contributed by atoms with E-state index in [1.165, 1.54) is 6.07 Å². The van der Waals surface area contributed by atoms with Crippen molar-refractivity contribution in [3.63, 3.8) is 0 Å². The largest absolute Gasteiger partial charge is 0.478 e. The van der Waals surface area contributed by atoms with Gasteiger partial charge < -0.3 is 20.6 Å². The van der Waals surface area contributed by atoms with Gasteiger partial charge in [0.1, 0.15) is 0 Å². The van der Waals surface area contributed by atoms with Gasteiger partial charge in [0.25, 0.3) is 0 Å². The zero-order valence-electron chi connectivity index (χ0n) is 11.8. The van der Waals surface area contributed by atoms with Crippen molar-refractivity contribution in [3.8, 4) is 0 Å². The number of nitrogens with zero attached hydrogens (tertiary/aromatic N) is 2. The molecule has 5 nitrogen and oxygen atoms in total. The van der Waals surface area contributed by atoms with Gasteiger partial charge >= 0.3 is 5.97 Å². The molecule has 0 amide bonds. The van der Waals surface area contributed by atoms with Gasteiger partial charge in [-0.2, -0.15) is 0 Å². The molecule has 3 N–H and O–H groups in total. The van der Waals surface area contributed by atoms with Crippen molar-refractivity contribution in [3.05, 3.63) is 48.0 Å². The Hall–Kier alpha value is -2.69. The molecule has 0 aromatic heterocycles. The molecule has 2 aromatic rings. The average molecular weight is 283 g/mol. The van der Waals surface area contributed by atoms with Crippen LogP contribution in [0.2, 0.25) is 0 Å². The summed E-state index contributed by atoms with van der Waals surface area (Å²) in [5, 5.41) is 9.17. The number of nitrogens with two attached hydrogens (primary N) is 1. The number of para-hydroxylation sites is 2. The number of carboxylic acids is 1. The molecule has 0 fully saturated rings. The second kappa shape index (κ2) is 5.01. The molecular formula is C16H17N3O2. The molecule has 0 saturated heterocycles. The van der Waals surface area contributed by atoms with E-state index in [0.717, 1.165) is 30.2 Å². The first kappa shape index (κ1) is 13.3. The van der Waals surface area contributed by atoms with Gasteiger partial charge in [-0.05, 0) is 30.3 Å². The zero-order chi connectivity index (χ0) is 15.0. The monoisotopic (exact) mass is 283 g/mol. The number of fused-ring (bicyclic) bond motifs is 1. The Labute approximate surface area is 123 Å². The second-order valence-corrected chi connectivity index (χ2v) is 5.14. The van der Waals surface area contributed by atoms with Crippen molar-refractivity contribution in [1.82, 2.24) is 0 Å². The van der Waals surface area contributed by atoms with Crippen LogP contribution in [0.4, 0.5) is 22.7 Å². The quantitative estimate of drug-likeness (QED) is 0.829. The lowest BCUT2D eigenvalue weighted by Crippen LogP contribution is -2.36. The van der Waals surface area contributed by atoms with Crippen LogP contribution in [0.1, 0.15) is 10.4 Å². The van der Waals surface area contributed by atoms with Gasteiger partial charge in [0, 0.05) is 20.1 Å². The van der Waals surface area contributed by atoms with E-state index in [0.29, 0.717) is 5.69 Å². The maximum atomic E-state index is 11.2. The molecule has 0 atom stereocenters. The number of carbonyl (C=O) groups is 1. The van der Waals surface area contributed by atoms with E-state index >= 15 is 0 Å². The summed E-state index contributed by atoms with van der Waals surface area (Å²) in [5.74, 6) is -0.946. The van der Waals surface area contributed by atoms with Crippen LogP contribution in [0, 0.1) is 0 Å². The molecule has 108 valence electrons. The summed E-state index contributed by atoms with van der Waals surface area (Å²) < 4.78 is 0. The van der Waals surface area contributed by atoms with Crippen LogP contribution in [0.15, 0.2) is 42.5 Å². The van der Waals surface area contributed by atoms with Crippen LogP contribution >= 0.6 is 0 Å². The van der Waals surface area contributed by atoms with Gasteiger partial charge in [0.15, 0.2) is 0 Å². The van der Waals surface area contributed by atoms with Crippen molar-refractivity contribution >= 4 is 28.7 Å². The van der Waals surface area contributed by atoms with Gasteiger partial charge in [-0.15, -0.1) is 0 Å². The van der Waals surface area contributed by atoms with E-state index in [1.54, 1.807) is 12.1 Å². The maximum Gasteiger partial charge on any atom is 0.335 e. The highest BCUT2D eigenvalue weighted by Crippen LogP contribution is 2.39. The standard InChI is InChI=1S/C16H17N3O2/c1-18-8-9-19(14-5-3-2-4-13(14)18)15-10-11(16(20)21)6-7-12(15)17/h2-7,10H,8-9,17H2,1H3,(H,20,21). The summed E-state index contributed by atoms with van der Waals surface area (Å²) >= 11 is 0. The number of benzene rings is 2. The molecule has 0 bridgehead atoms. The van der Waals surface area contributed by atoms with Crippen LogP contribution < -0.4 is 15.5 Å². The number of hydrogen-bond donors (Lipinski definition) is 2. The number of anilines is 4. The number of rotatable bonds is 2. The van der Waals surface area contributed by atoms with Crippen LogP contribution in [-0.4, -0.2) is 31.2 Å². The van der Waals surface area contributed by atoms with E-state index < -0.39 is 5.97 Å². The molecular weight excluding hydrogens is 266 g/mol. The van der Waals surface area contributed by atoms with E-state index in [2.05, 4.69) is 15.9 Å². The third kappa shape index (κ3) is 2.27. The molecule has 0 aliphatic carbocycles. The first-order chi connectivity index (χ1) is 10.1. The highest BCUT2D eigenvalue weighted by Gasteiger charge is 2.23. The maximum absolute atomic E-state index is 11.2. The van der Waals surface area contributed by atoms with E-state index in [1.807, 2.05) is 25.2 Å². The number of likely N-dealkylation sites (N-methyl/N-ethyl adjacent to an activating group) is 1. The van der Waals surface area contributed by atoms with E-state index in [9.17, 15) is 4.79 Å². The topological polar surface area (TPSA) is 69.8 Å². The summed E-state index contributed by atoms with van der Waals surface area (Å²) in [6.45, 7) is 1.62. The third-order valence-electron chi connectivity index (χ3n) is 3.81. The van der Waals surface area contributed by atoms with Crippen molar-refractivity contribution in [2.45, 2.75) is 0 Å². The second-order valence-electron chi connectivity index (χ2n) is 5.14. The molecule has 2 aromatic carbocycles. The van der Waals surface area contributed by atoms with E-state index in [4.69, 9.17) is 10.8 Å². The van der Waals surface area contributed by atoms with Crippen molar-refractivity contribution in [2.75, 3.05) is 35.7 Å². The lowest BCUT2D eigenvalue weighted by Gasteiger charge is -2.37. The highest BCUT2D eigenvalue weighted by atomic mass is 16.4. The molecule has 21 heavy (non-hydrogen) atoms. The molecule has 3 rings (SSSR count). The molecule has 0 spiro atoms. The summed E-state index contributed by atoms with van der Waals surface area (Å²) in [5.41, 5.74) is 9.80. The lowest BCUT2D eigenvalue weighted by molar-refractivity contribution is 0.0697. The minimum absolute atomic E-state index is 0.246. The number of carboxylic acid groups (broad SMARTS) is 1. The summed E-state index contributed by atoms with van der Waals surface area (Å²) in [7, 11) is 2.05. The van der Waals surface area contributed by atoms with Crippen molar-refractivity contribution in [2.24, 2.45) is 0 Å². The van der Waals surface area contributed by atoms with Gasteiger partial charge in [-0.25, -0.2) is 4.79 Å². The summed E-state index contributed by atoms with van der Waals surface area (Å²) in [4.78, 5) is 15.4. The molecule has 1 heterocycles. The van der Waals surface area contributed by atoms with Gasteiger partial charge in [-0.1, -0.05) is 12.1 Å². The minimum Gasteiger partial charge on any atom is -0.478 e. The molecule has 1 aliphatic rings. The fraction of sp³-hybridized carbons (Fsp3) is 0.188. The predicted molar refractivity (Wildman–Crippen MR) is 84.5 cm³/mol. The van der Waals surface area contributed by atoms with Crippen molar-refractivity contribution < 1.29 is 9.90 Å². The average Bonchev–Trinajstić information content (AvgIpc) is 2.49. The normalized spacial score (nSPS) is 14.0. The van der Waals surface area contributed by atoms with Gasteiger partial charge in [0.2, 0.25) is 0 Å². The van der Waals surface area contributed by atoms with Crippen molar-refractivity contribution in [1.29, 1.82) is 0 Å².